The average molecular weight is 407 g/mol. The van der Waals surface area contributed by atoms with Crippen LogP contribution in [-0.4, -0.2) is 15.0 Å². The Kier molecular flexibility index (Phi) is 4.77. The number of fused-ring (bicyclic) bond motifs is 1. The van der Waals surface area contributed by atoms with Gasteiger partial charge in [0.2, 0.25) is 0 Å². The van der Waals surface area contributed by atoms with Crippen LogP contribution in [-0.2, 0) is 14.1 Å². The highest BCUT2D eigenvalue weighted by Crippen LogP contribution is 2.33. The number of carbonyl (C=O) groups is 1. The maximum Gasteiger partial charge on any atom is 0.316 e. The van der Waals surface area contributed by atoms with E-state index in [1.807, 2.05) is 23.6 Å². The maximum atomic E-state index is 12.6. The van der Waals surface area contributed by atoms with Crippen LogP contribution in [0.25, 0.3) is 11.0 Å². The van der Waals surface area contributed by atoms with Crippen molar-refractivity contribution in [2.75, 3.05) is 5.32 Å². The van der Waals surface area contributed by atoms with Crippen LogP contribution in [0, 0.1) is 0 Å². The van der Waals surface area contributed by atoms with Crippen molar-refractivity contribution in [2.45, 2.75) is 0 Å². The van der Waals surface area contributed by atoms with E-state index < -0.39 is 11.1 Å². The summed E-state index contributed by atoms with van der Waals surface area (Å²) < 4.78 is 8.53. The number of amides is 1. The van der Waals surface area contributed by atoms with E-state index >= 15 is 0 Å². The number of thiophene rings is 1. The molecule has 4 aromatic rings. The molecule has 0 bridgehead atoms. The minimum absolute atomic E-state index is 0.285. The van der Waals surface area contributed by atoms with Gasteiger partial charge in [0.15, 0.2) is 5.75 Å². The van der Waals surface area contributed by atoms with Gasteiger partial charge in [0.1, 0.15) is 5.75 Å². The molecule has 0 aliphatic heterocycles. The Morgan fingerprint density at radius 3 is 2.21 bits per heavy atom. The van der Waals surface area contributed by atoms with E-state index in [-0.39, 0.29) is 5.91 Å². The van der Waals surface area contributed by atoms with Crippen LogP contribution in [0.5, 0.6) is 11.5 Å². The number of anilines is 1. The monoisotopic (exact) mass is 407 g/mol. The zero-order chi connectivity index (χ0) is 20.5. The predicted molar refractivity (Wildman–Crippen MR) is 113 cm³/mol. The first-order valence-corrected chi connectivity index (χ1v) is 9.65. The highest BCUT2D eigenvalue weighted by molar-refractivity contribution is 7.12. The van der Waals surface area contributed by atoms with Gasteiger partial charge in [-0.15, -0.1) is 11.3 Å². The third-order valence-electron chi connectivity index (χ3n) is 4.56. The van der Waals surface area contributed by atoms with E-state index in [9.17, 15) is 14.4 Å². The van der Waals surface area contributed by atoms with Gasteiger partial charge < -0.3 is 19.2 Å². The topological polar surface area (TPSA) is 82.3 Å². The summed E-state index contributed by atoms with van der Waals surface area (Å²) in [6, 6.07) is 15.9. The Hall–Kier alpha value is -3.65. The first-order valence-electron chi connectivity index (χ1n) is 8.77. The van der Waals surface area contributed by atoms with Crippen molar-refractivity contribution in [3.8, 4) is 11.5 Å². The number of hydrogen-bond acceptors (Lipinski definition) is 5. The maximum absolute atomic E-state index is 12.6. The van der Waals surface area contributed by atoms with E-state index in [4.69, 9.17) is 4.74 Å². The van der Waals surface area contributed by atoms with Crippen LogP contribution in [0.3, 0.4) is 0 Å². The minimum atomic E-state index is -0.646. The van der Waals surface area contributed by atoms with Gasteiger partial charge in [0, 0.05) is 20.2 Å². The second-order valence-corrected chi connectivity index (χ2v) is 7.36. The lowest BCUT2D eigenvalue weighted by Gasteiger charge is -2.16. The van der Waals surface area contributed by atoms with E-state index in [2.05, 4.69) is 5.32 Å². The van der Waals surface area contributed by atoms with Gasteiger partial charge in [-0.3, -0.25) is 14.4 Å². The molecule has 7 nitrogen and oxygen atoms in total. The van der Waals surface area contributed by atoms with Crippen molar-refractivity contribution in [2.24, 2.45) is 14.1 Å². The average Bonchev–Trinajstić information content (AvgIpc) is 3.27. The number of aromatic nitrogens is 2. The highest BCUT2D eigenvalue weighted by atomic mass is 32.1. The Balaban J connectivity index is 1.90. The van der Waals surface area contributed by atoms with Gasteiger partial charge in [0.25, 0.3) is 5.91 Å². The molecular formula is C21H17N3O4S. The highest BCUT2D eigenvalue weighted by Gasteiger charge is 2.17. The fraction of sp³-hybridized carbons (Fsp3) is 0.0952. The SMILES string of the molecule is Cn1c(=O)c(=O)n(C)c2cc(Oc3ccccc3)c(NC(=O)c3cccs3)cc21. The number of carbonyl (C=O) groups excluding carboxylic acids is 1. The van der Waals surface area contributed by atoms with Crippen LogP contribution >= 0.6 is 11.3 Å². The molecule has 1 amide bonds. The summed E-state index contributed by atoms with van der Waals surface area (Å²) in [7, 11) is 3.05. The largest absolute Gasteiger partial charge is 0.455 e. The van der Waals surface area contributed by atoms with Crippen LogP contribution < -0.4 is 21.2 Å². The number of hydrogen-bond donors (Lipinski definition) is 1. The molecule has 0 radical (unpaired) electrons. The van der Waals surface area contributed by atoms with E-state index in [1.54, 1.807) is 36.4 Å². The number of benzene rings is 2. The molecular weight excluding hydrogens is 390 g/mol. The molecule has 8 heteroatoms. The van der Waals surface area contributed by atoms with Gasteiger partial charge in [-0.2, -0.15) is 0 Å². The first-order chi connectivity index (χ1) is 14.0. The summed E-state index contributed by atoms with van der Waals surface area (Å²) in [6.45, 7) is 0. The predicted octanol–water partition coefficient (Wildman–Crippen LogP) is 3.34. The fourth-order valence-electron chi connectivity index (χ4n) is 2.99. The van der Waals surface area contributed by atoms with E-state index in [0.29, 0.717) is 33.1 Å². The molecule has 0 saturated heterocycles. The summed E-state index contributed by atoms with van der Waals surface area (Å²) in [5.74, 6) is 0.655. The Morgan fingerprint density at radius 1 is 0.931 bits per heavy atom. The molecule has 0 aliphatic carbocycles. The van der Waals surface area contributed by atoms with E-state index in [0.717, 1.165) is 0 Å². The zero-order valence-corrected chi connectivity index (χ0v) is 16.5. The standard InChI is InChI=1S/C21H17N3O4S/c1-23-15-11-14(22-19(25)18-9-6-10-29-18)17(28-13-7-4-3-5-8-13)12-16(15)24(2)21(27)20(23)26/h3-12H,1-2H3,(H,22,25). The van der Waals surface area contributed by atoms with Crippen LogP contribution in [0.2, 0.25) is 0 Å². The third kappa shape index (κ3) is 3.45. The lowest BCUT2D eigenvalue weighted by atomic mass is 10.2. The van der Waals surface area contributed by atoms with Gasteiger partial charge >= 0.3 is 11.1 Å². The molecule has 29 heavy (non-hydrogen) atoms. The molecule has 0 fully saturated rings. The van der Waals surface area contributed by atoms with Crippen molar-refractivity contribution < 1.29 is 9.53 Å². The second kappa shape index (κ2) is 7.40. The summed E-state index contributed by atoms with van der Waals surface area (Å²) in [6.07, 6.45) is 0. The molecule has 0 atom stereocenters. The molecule has 2 aromatic carbocycles. The van der Waals surface area contributed by atoms with Crippen LogP contribution in [0.1, 0.15) is 9.67 Å². The lowest BCUT2D eigenvalue weighted by molar-refractivity contribution is 0.103. The molecule has 0 aliphatic rings. The molecule has 2 aromatic heterocycles. The number of ether oxygens (including phenoxy) is 1. The number of rotatable bonds is 4. The van der Waals surface area contributed by atoms with Crippen molar-refractivity contribution in [3.05, 3.63) is 85.6 Å². The van der Waals surface area contributed by atoms with Crippen molar-refractivity contribution >= 4 is 34.0 Å². The minimum Gasteiger partial charge on any atom is -0.455 e. The summed E-state index contributed by atoms with van der Waals surface area (Å²) >= 11 is 1.32. The molecule has 2 heterocycles. The third-order valence-corrected chi connectivity index (χ3v) is 5.42. The number of aryl methyl sites for hydroxylation is 2. The van der Waals surface area contributed by atoms with Crippen molar-refractivity contribution in [3.63, 3.8) is 0 Å². The van der Waals surface area contributed by atoms with Crippen molar-refractivity contribution in [1.82, 2.24) is 9.13 Å². The smallest absolute Gasteiger partial charge is 0.316 e. The Labute approximate surface area is 169 Å². The number of para-hydroxylation sites is 1. The summed E-state index contributed by atoms with van der Waals surface area (Å²) in [5.41, 5.74) is 0.123. The number of nitrogens with zero attached hydrogens (tertiary/aromatic N) is 2. The molecule has 0 spiro atoms. The van der Waals surface area contributed by atoms with Crippen LogP contribution in [0.15, 0.2) is 69.6 Å². The number of nitrogens with one attached hydrogen (secondary N) is 1. The van der Waals surface area contributed by atoms with Crippen molar-refractivity contribution in [1.29, 1.82) is 0 Å². The van der Waals surface area contributed by atoms with Gasteiger partial charge in [-0.1, -0.05) is 24.3 Å². The lowest BCUT2D eigenvalue weighted by Crippen LogP contribution is -2.39. The second-order valence-electron chi connectivity index (χ2n) is 6.41. The Morgan fingerprint density at radius 2 is 1.59 bits per heavy atom. The normalized spacial score (nSPS) is 10.8. The molecule has 0 saturated carbocycles. The van der Waals surface area contributed by atoms with E-state index in [1.165, 1.54) is 34.6 Å². The quantitative estimate of drug-likeness (QED) is 0.526. The van der Waals surface area contributed by atoms with Gasteiger partial charge in [-0.05, 0) is 29.6 Å². The summed E-state index contributed by atoms with van der Waals surface area (Å²) in [4.78, 5) is 37.6. The fourth-order valence-corrected chi connectivity index (χ4v) is 3.61. The molecule has 1 N–H and O–H groups in total. The first kappa shape index (κ1) is 18.7. The molecule has 146 valence electrons. The van der Waals surface area contributed by atoms with Gasteiger partial charge in [-0.25, -0.2) is 0 Å². The molecule has 4 rings (SSSR count). The summed E-state index contributed by atoms with van der Waals surface area (Å²) in [5, 5.41) is 4.67. The van der Waals surface area contributed by atoms with Crippen LogP contribution in [0.4, 0.5) is 5.69 Å². The molecule has 0 unspecified atom stereocenters. The zero-order valence-electron chi connectivity index (χ0n) is 15.7. The Bertz CT molecular complexity index is 1320. The van der Waals surface area contributed by atoms with Gasteiger partial charge in [0.05, 0.1) is 21.6 Å².